The lowest BCUT2D eigenvalue weighted by Gasteiger charge is -2.45. The van der Waals surface area contributed by atoms with Gasteiger partial charge in [0.2, 0.25) is 0 Å². The third kappa shape index (κ3) is 4.62. The number of likely N-dealkylation sites (N-methyl/N-ethyl adjacent to an activating group) is 1. The van der Waals surface area contributed by atoms with E-state index in [9.17, 15) is 4.79 Å². The summed E-state index contributed by atoms with van der Waals surface area (Å²) in [6.07, 6.45) is 6.80. The number of nitrogens with one attached hydrogen (secondary N) is 1. The zero-order valence-corrected chi connectivity index (χ0v) is 12.7. The van der Waals surface area contributed by atoms with E-state index in [0.29, 0.717) is 12.1 Å². The molecule has 0 aliphatic heterocycles. The Kier molecular flexibility index (Phi) is 6.01. The second-order valence-electron chi connectivity index (χ2n) is 6.14. The van der Waals surface area contributed by atoms with Crippen LogP contribution >= 0.6 is 0 Å². The third-order valence-corrected chi connectivity index (χ3v) is 4.36. The number of hydrogen-bond acceptors (Lipinski definition) is 3. The lowest BCUT2D eigenvalue weighted by atomic mass is 9.75. The Bertz CT molecular complexity index is 339. The highest BCUT2D eigenvalue weighted by atomic mass is 16.4. The molecule has 2 N–H and O–H groups in total. The largest absolute Gasteiger partial charge is 0.478 e. The topological polar surface area (TPSA) is 52.6 Å². The van der Waals surface area contributed by atoms with Crippen LogP contribution in [0.3, 0.4) is 0 Å². The van der Waals surface area contributed by atoms with Gasteiger partial charge in [-0.05, 0) is 39.8 Å². The molecule has 0 aromatic rings. The molecule has 0 saturated heterocycles. The molecule has 1 aliphatic rings. The van der Waals surface area contributed by atoms with E-state index in [0.717, 1.165) is 12.5 Å². The molecule has 1 rings (SSSR count). The smallest absolute Gasteiger partial charge is 0.330 e. The fraction of sp³-hybridized carbons (Fsp3) is 0.800. The average Bonchev–Trinajstić information content (AvgIpc) is 2.34. The van der Waals surface area contributed by atoms with Gasteiger partial charge in [-0.15, -0.1) is 0 Å². The van der Waals surface area contributed by atoms with Crippen molar-refractivity contribution >= 4 is 5.97 Å². The van der Waals surface area contributed by atoms with E-state index in [2.05, 4.69) is 31.2 Å². The number of carbonyl (C=O) groups is 1. The molecule has 1 aliphatic carbocycles. The molecule has 0 spiro atoms. The van der Waals surface area contributed by atoms with Crippen molar-refractivity contribution < 1.29 is 9.90 Å². The fourth-order valence-electron chi connectivity index (χ4n) is 2.97. The molecular weight excluding hydrogens is 240 g/mol. The van der Waals surface area contributed by atoms with Gasteiger partial charge in [-0.2, -0.15) is 0 Å². The van der Waals surface area contributed by atoms with Crippen LogP contribution in [0.4, 0.5) is 0 Å². The van der Waals surface area contributed by atoms with Crippen molar-refractivity contribution in [1.82, 2.24) is 10.2 Å². The second kappa shape index (κ2) is 7.06. The predicted molar refractivity (Wildman–Crippen MR) is 78.3 cm³/mol. The molecule has 4 heteroatoms. The van der Waals surface area contributed by atoms with Gasteiger partial charge >= 0.3 is 5.97 Å². The number of nitrogens with zero attached hydrogens (tertiary/aromatic N) is 1. The summed E-state index contributed by atoms with van der Waals surface area (Å²) in [7, 11) is 4.30. The van der Waals surface area contributed by atoms with Crippen LogP contribution in [0.5, 0.6) is 0 Å². The van der Waals surface area contributed by atoms with Crippen LogP contribution in [0.2, 0.25) is 0 Å². The van der Waals surface area contributed by atoms with Gasteiger partial charge in [-0.3, -0.25) is 0 Å². The Hall–Kier alpha value is -0.870. The predicted octanol–water partition coefficient (Wildman–Crippen LogP) is 2.12. The SMILES string of the molecule is C/C(=C/CNCC1(N(C)C)CCCC(C)C1)C(=O)O. The van der Waals surface area contributed by atoms with Crippen LogP contribution in [0.1, 0.15) is 39.5 Å². The third-order valence-electron chi connectivity index (χ3n) is 4.36. The molecule has 19 heavy (non-hydrogen) atoms. The van der Waals surface area contributed by atoms with Gasteiger partial charge in [-0.25, -0.2) is 4.79 Å². The van der Waals surface area contributed by atoms with Crippen LogP contribution in [0, 0.1) is 5.92 Å². The minimum Gasteiger partial charge on any atom is -0.478 e. The molecule has 1 fully saturated rings. The Balaban J connectivity index is 2.51. The van der Waals surface area contributed by atoms with Crippen molar-refractivity contribution in [2.75, 3.05) is 27.2 Å². The summed E-state index contributed by atoms with van der Waals surface area (Å²) >= 11 is 0. The van der Waals surface area contributed by atoms with Gasteiger partial charge in [0.1, 0.15) is 0 Å². The number of hydrogen-bond donors (Lipinski definition) is 2. The minimum atomic E-state index is -0.838. The zero-order valence-electron chi connectivity index (χ0n) is 12.7. The summed E-state index contributed by atoms with van der Waals surface area (Å²) < 4.78 is 0. The van der Waals surface area contributed by atoms with Gasteiger partial charge in [0, 0.05) is 24.2 Å². The van der Waals surface area contributed by atoms with Crippen LogP contribution in [0.25, 0.3) is 0 Å². The Morgan fingerprint density at radius 2 is 2.21 bits per heavy atom. The maximum absolute atomic E-state index is 10.7. The maximum atomic E-state index is 10.7. The summed E-state index contributed by atoms with van der Waals surface area (Å²) in [6.45, 7) is 5.51. The van der Waals surface area contributed by atoms with Gasteiger partial charge in [0.15, 0.2) is 0 Å². The van der Waals surface area contributed by atoms with Crippen molar-refractivity contribution in [3.05, 3.63) is 11.6 Å². The van der Waals surface area contributed by atoms with E-state index in [1.165, 1.54) is 25.7 Å². The van der Waals surface area contributed by atoms with Crippen LogP contribution in [-0.2, 0) is 4.79 Å². The summed E-state index contributed by atoms with van der Waals surface area (Å²) in [5.41, 5.74) is 0.631. The van der Waals surface area contributed by atoms with Crippen LogP contribution in [-0.4, -0.2) is 48.7 Å². The van der Waals surface area contributed by atoms with Crippen molar-refractivity contribution in [2.24, 2.45) is 5.92 Å². The van der Waals surface area contributed by atoms with Gasteiger partial charge in [0.05, 0.1) is 0 Å². The van der Waals surface area contributed by atoms with Crippen LogP contribution in [0.15, 0.2) is 11.6 Å². The van der Waals surface area contributed by atoms with Gasteiger partial charge < -0.3 is 15.3 Å². The first-order valence-corrected chi connectivity index (χ1v) is 7.15. The first kappa shape index (κ1) is 16.2. The van der Waals surface area contributed by atoms with Crippen molar-refractivity contribution in [1.29, 1.82) is 0 Å². The molecule has 0 aromatic heterocycles. The highest BCUT2D eigenvalue weighted by Gasteiger charge is 2.36. The van der Waals surface area contributed by atoms with Crippen molar-refractivity contribution in [2.45, 2.75) is 45.1 Å². The fourth-order valence-corrected chi connectivity index (χ4v) is 2.97. The lowest BCUT2D eigenvalue weighted by molar-refractivity contribution is -0.132. The monoisotopic (exact) mass is 268 g/mol. The van der Waals surface area contributed by atoms with Crippen LogP contribution < -0.4 is 5.32 Å². The van der Waals surface area contributed by atoms with Gasteiger partial charge in [0.25, 0.3) is 0 Å². The standard InChI is InChI=1S/C15H28N2O2/c1-12-6-5-8-15(10-12,17(3)4)11-16-9-7-13(2)14(18)19/h7,12,16H,5-6,8-11H2,1-4H3,(H,18,19)/b13-7-. The summed E-state index contributed by atoms with van der Waals surface area (Å²) in [5.74, 6) is -0.0651. The van der Waals surface area contributed by atoms with E-state index in [-0.39, 0.29) is 5.54 Å². The van der Waals surface area contributed by atoms with E-state index in [1.807, 2.05) is 0 Å². The summed E-state index contributed by atoms with van der Waals surface area (Å²) in [5, 5.41) is 12.2. The molecule has 0 amide bonds. The first-order chi connectivity index (χ1) is 8.87. The Morgan fingerprint density at radius 1 is 1.53 bits per heavy atom. The van der Waals surface area contributed by atoms with E-state index < -0.39 is 5.97 Å². The molecule has 0 aromatic carbocycles. The minimum absolute atomic E-state index is 0.225. The molecule has 2 unspecified atom stereocenters. The molecule has 110 valence electrons. The normalized spacial score (nSPS) is 28.7. The number of rotatable bonds is 6. The molecule has 4 nitrogen and oxygen atoms in total. The Labute approximate surface area is 116 Å². The highest BCUT2D eigenvalue weighted by Crippen LogP contribution is 2.35. The number of carboxylic acids is 1. The summed E-state index contributed by atoms with van der Waals surface area (Å²) in [4.78, 5) is 13.0. The molecule has 1 saturated carbocycles. The van der Waals surface area contributed by atoms with Crippen molar-refractivity contribution in [3.63, 3.8) is 0 Å². The average molecular weight is 268 g/mol. The molecule has 0 radical (unpaired) electrons. The second-order valence-corrected chi connectivity index (χ2v) is 6.14. The van der Waals surface area contributed by atoms with E-state index >= 15 is 0 Å². The molecular formula is C15H28N2O2. The van der Waals surface area contributed by atoms with Gasteiger partial charge in [-0.1, -0.05) is 25.8 Å². The molecule has 0 bridgehead atoms. The lowest BCUT2D eigenvalue weighted by Crippen LogP contribution is -2.54. The first-order valence-electron chi connectivity index (χ1n) is 7.15. The van der Waals surface area contributed by atoms with E-state index in [4.69, 9.17) is 5.11 Å². The molecule has 0 heterocycles. The quantitative estimate of drug-likeness (QED) is 0.572. The number of carboxylic acid groups (broad SMARTS) is 1. The van der Waals surface area contributed by atoms with Crippen molar-refractivity contribution in [3.8, 4) is 0 Å². The van der Waals surface area contributed by atoms with E-state index in [1.54, 1.807) is 13.0 Å². The zero-order chi connectivity index (χ0) is 14.5. The molecule has 2 atom stereocenters. The Morgan fingerprint density at radius 3 is 2.74 bits per heavy atom. The maximum Gasteiger partial charge on any atom is 0.330 e. The highest BCUT2D eigenvalue weighted by molar-refractivity contribution is 5.85. The number of aliphatic carboxylic acids is 1. The summed E-state index contributed by atoms with van der Waals surface area (Å²) in [6, 6.07) is 0.